The van der Waals surface area contributed by atoms with E-state index in [1.54, 1.807) is 13.8 Å². The maximum Gasteiger partial charge on any atom is 0.326 e. The molecule has 11 N–H and O–H groups in total. The van der Waals surface area contributed by atoms with Crippen LogP contribution in [-0.2, 0) is 28.8 Å². The van der Waals surface area contributed by atoms with E-state index in [0.29, 0.717) is 32.2 Å². The van der Waals surface area contributed by atoms with Gasteiger partial charge in [0.05, 0.1) is 6.04 Å². The first kappa shape index (κ1) is 32.7. The highest BCUT2D eigenvalue weighted by molar-refractivity contribution is 5.94. The topological polar surface area (TPSA) is 257 Å². The van der Waals surface area contributed by atoms with E-state index in [9.17, 15) is 33.9 Å². The minimum Gasteiger partial charge on any atom is -0.481 e. The van der Waals surface area contributed by atoms with E-state index in [2.05, 4.69) is 16.0 Å². The van der Waals surface area contributed by atoms with Crippen molar-refractivity contribution in [3.05, 3.63) is 0 Å². The zero-order chi connectivity index (χ0) is 27.8. The van der Waals surface area contributed by atoms with Crippen LogP contribution in [0.25, 0.3) is 0 Å². The second-order valence-corrected chi connectivity index (χ2v) is 8.66. The number of carboxylic acid groups (broad SMARTS) is 2. The summed E-state index contributed by atoms with van der Waals surface area (Å²) in [6.07, 6.45) is 0.757. The Morgan fingerprint density at radius 2 is 1.39 bits per heavy atom. The van der Waals surface area contributed by atoms with Crippen LogP contribution in [0.2, 0.25) is 0 Å². The zero-order valence-corrected chi connectivity index (χ0v) is 20.8. The van der Waals surface area contributed by atoms with Gasteiger partial charge in [0.1, 0.15) is 18.1 Å². The first-order valence-electron chi connectivity index (χ1n) is 11.9. The molecule has 0 bridgehead atoms. The van der Waals surface area contributed by atoms with E-state index in [1.165, 1.54) is 0 Å². The van der Waals surface area contributed by atoms with Crippen molar-refractivity contribution < 1.29 is 39.0 Å². The molecule has 206 valence electrons. The van der Waals surface area contributed by atoms with E-state index < -0.39 is 66.2 Å². The second-order valence-electron chi connectivity index (χ2n) is 8.66. The van der Waals surface area contributed by atoms with Crippen molar-refractivity contribution in [2.45, 2.75) is 89.4 Å². The van der Waals surface area contributed by atoms with Crippen molar-refractivity contribution in [3.63, 3.8) is 0 Å². The van der Waals surface area contributed by atoms with Crippen LogP contribution in [0.5, 0.6) is 0 Å². The van der Waals surface area contributed by atoms with Crippen molar-refractivity contribution in [2.75, 3.05) is 6.54 Å². The molecular formula is C22H40N6O8. The van der Waals surface area contributed by atoms with Gasteiger partial charge in [0.15, 0.2) is 0 Å². The maximum atomic E-state index is 13.1. The second kappa shape index (κ2) is 17.2. The first-order valence-corrected chi connectivity index (χ1v) is 11.9. The van der Waals surface area contributed by atoms with Gasteiger partial charge in [-0.3, -0.25) is 24.0 Å². The van der Waals surface area contributed by atoms with Gasteiger partial charge in [-0.2, -0.15) is 0 Å². The van der Waals surface area contributed by atoms with Gasteiger partial charge in [-0.1, -0.05) is 26.7 Å². The van der Waals surface area contributed by atoms with Gasteiger partial charge < -0.3 is 43.4 Å². The number of carbonyl (C=O) groups is 6. The van der Waals surface area contributed by atoms with Gasteiger partial charge >= 0.3 is 11.9 Å². The Hall–Kier alpha value is -3.26. The van der Waals surface area contributed by atoms with Crippen LogP contribution >= 0.6 is 0 Å². The number of hydrogen-bond donors (Lipinski definition) is 8. The van der Waals surface area contributed by atoms with Crippen molar-refractivity contribution in [3.8, 4) is 0 Å². The number of aliphatic carboxylic acids is 2. The molecule has 0 radical (unpaired) electrons. The predicted octanol–water partition coefficient (Wildman–Crippen LogP) is -1.84. The third kappa shape index (κ3) is 13.0. The quantitative estimate of drug-likeness (QED) is 0.0889. The molecule has 5 unspecified atom stereocenters. The number of unbranched alkanes of at least 4 members (excludes halogenated alkanes) is 1. The van der Waals surface area contributed by atoms with E-state index in [4.69, 9.17) is 22.3 Å². The molecular weight excluding hydrogens is 476 g/mol. The monoisotopic (exact) mass is 516 g/mol. The van der Waals surface area contributed by atoms with Crippen LogP contribution in [0, 0.1) is 5.92 Å². The molecule has 0 rings (SSSR count). The Morgan fingerprint density at radius 1 is 0.806 bits per heavy atom. The number of hydrogen-bond acceptors (Lipinski definition) is 8. The van der Waals surface area contributed by atoms with E-state index in [0.717, 1.165) is 0 Å². The number of rotatable bonds is 19. The fourth-order valence-electron chi connectivity index (χ4n) is 3.22. The normalized spacial score (nSPS) is 15.0. The Bertz CT molecular complexity index is 778. The molecule has 0 spiro atoms. The Labute approximate surface area is 210 Å². The summed E-state index contributed by atoms with van der Waals surface area (Å²) in [7, 11) is 0. The van der Waals surface area contributed by atoms with Crippen molar-refractivity contribution in [1.82, 2.24) is 16.0 Å². The lowest BCUT2D eigenvalue weighted by Gasteiger charge is -2.28. The fourth-order valence-corrected chi connectivity index (χ4v) is 3.22. The summed E-state index contributed by atoms with van der Waals surface area (Å²) >= 11 is 0. The van der Waals surface area contributed by atoms with Gasteiger partial charge in [0, 0.05) is 12.8 Å². The number of amides is 4. The third-order valence-electron chi connectivity index (χ3n) is 5.67. The number of nitrogens with one attached hydrogen (secondary N) is 3. The fraction of sp³-hybridized carbons (Fsp3) is 0.727. The molecule has 0 aliphatic heterocycles. The molecule has 0 aliphatic rings. The number of primary amides is 1. The minimum atomic E-state index is -1.53. The highest BCUT2D eigenvalue weighted by atomic mass is 16.4. The summed E-state index contributed by atoms with van der Waals surface area (Å²) in [5.74, 6) is -6.03. The molecule has 4 amide bonds. The number of carbonyl (C=O) groups excluding carboxylic acids is 4. The standard InChI is InChI=1S/C22H40N6O8/c1-3-12(2)18(28-19(32)13(24)6-4-5-11-23)21(34)26-14(7-9-16(25)29)20(33)27-15(22(35)36)8-10-17(30)31/h12-15,18H,3-11,23-24H2,1-2H3,(H2,25,29)(H,26,34)(H,27,33)(H,28,32)(H,30,31)(H,35,36). The summed E-state index contributed by atoms with van der Waals surface area (Å²) in [5.41, 5.74) is 16.5. The molecule has 0 aromatic heterocycles. The summed E-state index contributed by atoms with van der Waals surface area (Å²) in [4.78, 5) is 71.9. The zero-order valence-electron chi connectivity index (χ0n) is 20.8. The van der Waals surface area contributed by atoms with E-state index in [1.807, 2.05) is 0 Å². The molecule has 0 heterocycles. The largest absolute Gasteiger partial charge is 0.481 e. The smallest absolute Gasteiger partial charge is 0.326 e. The van der Waals surface area contributed by atoms with E-state index >= 15 is 0 Å². The summed E-state index contributed by atoms with van der Waals surface area (Å²) < 4.78 is 0. The highest BCUT2D eigenvalue weighted by Crippen LogP contribution is 2.11. The number of nitrogens with two attached hydrogens (primary N) is 3. The molecule has 5 atom stereocenters. The van der Waals surface area contributed by atoms with Gasteiger partial charge in [-0.05, 0) is 38.1 Å². The lowest BCUT2D eigenvalue weighted by molar-refractivity contribution is -0.143. The van der Waals surface area contributed by atoms with Gasteiger partial charge in [-0.25, -0.2) is 4.79 Å². The summed E-state index contributed by atoms with van der Waals surface area (Å²) in [6.45, 7) is 3.98. The Kier molecular flexibility index (Phi) is 15.7. The molecule has 0 aromatic carbocycles. The summed E-state index contributed by atoms with van der Waals surface area (Å²) in [5, 5.41) is 25.3. The van der Waals surface area contributed by atoms with E-state index in [-0.39, 0.29) is 25.2 Å². The lowest BCUT2D eigenvalue weighted by atomic mass is 9.96. The lowest BCUT2D eigenvalue weighted by Crippen LogP contribution is -2.58. The van der Waals surface area contributed by atoms with Crippen LogP contribution < -0.4 is 33.2 Å². The Morgan fingerprint density at radius 3 is 1.89 bits per heavy atom. The predicted molar refractivity (Wildman–Crippen MR) is 129 cm³/mol. The van der Waals surface area contributed by atoms with Crippen LogP contribution in [-0.4, -0.2) is 76.5 Å². The van der Waals surface area contributed by atoms with Crippen LogP contribution in [0.3, 0.4) is 0 Å². The van der Waals surface area contributed by atoms with Crippen LogP contribution in [0.1, 0.15) is 65.2 Å². The third-order valence-corrected chi connectivity index (χ3v) is 5.67. The SMILES string of the molecule is CCC(C)C(NC(=O)C(N)CCCCN)C(=O)NC(CCC(N)=O)C(=O)NC(CCC(=O)O)C(=O)O. The molecule has 0 saturated heterocycles. The molecule has 0 aliphatic carbocycles. The molecule has 36 heavy (non-hydrogen) atoms. The Balaban J connectivity index is 5.56. The maximum absolute atomic E-state index is 13.1. The highest BCUT2D eigenvalue weighted by Gasteiger charge is 2.32. The average Bonchev–Trinajstić information content (AvgIpc) is 2.81. The number of carboxylic acids is 2. The summed E-state index contributed by atoms with van der Waals surface area (Å²) in [6, 6.07) is -4.82. The van der Waals surface area contributed by atoms with Gasteiger partial charge in [0.2, 0.25) is 23.6 Å². The molecule has 14 heteroatoms. The molecule has 14 nitrogen and oxygen atoms in total. The molecule has 0 fully saturated rings. The van der Waals surface area contributed by atoms with Crippen LogP contribution in [0.4, 0.5) is 0 Å². The van der Waals surface area contributed by atoms with Gasteiger partial charge in [-0.15, -0.1) is 0 Å². The average molecular weight is 517 g/mol. The van der Waals surface area contributed by atoms with Gasteiger partial charge in [0.25, 0.3) is 0 Å². The van der Waals surface area contributed by atoms with Crippen LogP contribution in [0.15, 0.2) is 0 Å². The first-order chi connectivity index (χ1) is 16.8. The van der Waals surface area contributed by atoms with Crippen molar-refractivity contribution in [1.29, 1.82) is 0 Å². The molecule has 0 saturated carbocycles. The van der Waals surface area contributed by atoms with Crippen molar-refractivity contribution >= 4 is 35.6 Å². The van der Waals surface area contributed by atoms with Crippen molar-refractivity contribution in [2.24, 2.45) is 23.1 Å². The minimum absolute atomic E-state index is 0.238. The molecule has 0 aromatic rings.